The van der Waals surface area contributed by atoms with E-state index in [1.807, 2.05) is 60.2 Å². The van der Waals surface area contributed by atoms with Crippen molar-refractivity contribution in [3.63, 3.8) is 0 Å². The average molecular weight is 461 g/mol. The molecule has 2 atom stereocenters. The summed E-state index contributed by atoms with van der Waals surface area (Å²) in [5.41, 5.74) is 3.57. The normalized spacial score (nSPS) is 12.7. The van der Waals surface area contributed by atoms with Gasteiger partial charge in [-0.3, -0.25) is 10.1 Å². The molecule has 0 spiro atoms. The number of methoxy groups -OCH3 is 1. The lowest BCUT2D eigenvalue weighted by atomic mass is 10.0. The van der Waals surface area contributed by atoms with Crippen LogP contribution in [0.1, 0.15) is 30.1 Å². The van der Waals surface area contributed by atoms with Crippen molar-refractivity contribution in [2.75, 3.05) is 12.4 Å². The number of carbonyl (C=O) groups is 1. The Bertz CT molecular complexity index is 1190. The fourth-order valence-corrected chi connectivity index (χ4v) is 3.88. The molecule has 0 aliphatic heterocycles. The molecule has 33 heavy (non-hydrogen) atoms. The van der Waals surface area contributed by atoms with Gasteiger partial charge in [-0.25, -0.2) is 4.98 Å². The molecule has 0 radical (unpaired) electrons. The lowest BCUT2D eigenvalue weighted by Crippen LogP contribution is -2.34. The zero-order valence-electron chi connectivity index (χ0n) is 18.4. The zero-order valence-corrected chi connectivity index (χ0v) is 19.2. The number of anilines is 1. The number of aromatic nitrogens is 2. The van der Waals surface area contributed by atoms with Gasteiger partial charge in [-0.1, -0.05) is 54.1 Å². The van der Waals surface area contributed by atoms with Gasteiger partial charge in [-0.2, -0.15) is 0 Å². The van der Waals surface area contributed by atoms with Crippen LogP contribution in [0.4, 0.5) is 5.69 Å². The molecule has 1 heterocycles. The van der Waals surface area contributed by atoms with Gasteiger partial charge >= 0.3 is 0 Å². The third-order valence-electron chi connectivity index (χ3n) is 5.43. The first-order valence-corrected chi connectivity index (χ1v) is 11.0. The van der Waals surface area contributed by atoms with Crippen molar-refractivity contribution in [3.05, 3.63) is 108 Å². The molecule has 4 rings (SSSR count). The fourth-order valence-electron chi connectivity index (χ4n) is 3.62. The number of benzene rings is 3. The van der Waals surface area contributed by atoms with Gasteiger partial charge in [0.15, 0.2) is 0 Å². The van der Waals surface area contributed by atoms with Crippen LogP contribution in [0.2, 0.25) is 5.02 Å². The van der Waals surface area contributed by atoms with Crippen molar-refractivity contribution in [1.29, 1.82) is 0 Å². The van der Waals surface area contributed by atoms with Crippen molar-refractivity contribution in [2.24, 2.45) is 0 Å². The van der Waals surface area contributed by atoms with E-state index in [-0.39, 0.29) is 11.9 Å². The largest absolute Gasteiger partial charge is 0.495 e. The second kappa shape index (κ2) is 10.3. The third kappa shape index (κ3) is 5.42. The number of hydrogen-bond acceptors (Lipinski definition) is 4. The molecule has 3 aromatic carbocycles. The molecular formula is C26H25ClN4O2. The number of ether oxygens (including phenoxy) is 1. The van der Waals surface area contributed by atoms with Gasteiger partial charge in [0.05, 0.1) is 18.5 Å². The molecule has 2 N–H and O–H groups in total. The van der Waals surface area contributed by atoms with E-state index >= 15 is 0 Å². The Balaban J connectivity index is 1.53. The summed E-state index contributed by atoms with van der Waals surface area (Å²) in [6, 6.07) is 22.4. The highest BCUT2D eigenvalue weighted by Gasteiger charge is 2.23. The highest BCUT2D eigenvalue weighted by atomic mass is 35.5. The van der Waals surface area contributed by atoms with Crippen molar-refractivity contribution in [3.8, 4) is 11.4 Å². The monoisotopic (exact) mass is 460 g/mol. The van der Waals surface area contributed by atoms with Crippen molar-refractivity contribution in [1.82, 2.24) is 14.9 Å². The molecule has 0 unspecified atom stereocenters. The molecule has 6 nitrogen and oxygen atoms in total. The van der Waals surface area contributed by atoms with Crippen LogP contribution in [0.15, 0.2) is 91.5 Å². The quantitative estimate of drug-likeness (QED) is 0.361. The van der Waals surface area contributed by atoms with Crippen LogP contribution in [0.5, 0.6) is 5.75 Å². The number of hydrogen-bond donors (Lipinski definition) is 2. The molecule has 0 bridgehead atoms. The van der Waals surface area contributed by atoms with Gasteiger partial charge in [-0.05, 0) is 48.4 Å². The summed E-state index contributed by atoms with van der Waals surface area (Å²) in [5, 5.41) is 6.87. The van der Waals surface area contributed by atoms with Crippen LogP contribution < -0.4 is 15.4 Å². The Kier molecular flexibility index (Phi) is 7.07. The van der Waals surface area contributed by atoms with E-state index < -0.39 is 6.04 Å². The fraction of sp³-hybridized carbons (Fsp3) is 0.154. The molecule has 168 valence electrons. The van der Waals surface area contributed by atoms with Crippen LogP contribution >= 0.6 is 11.6 Å². The Morgan fingerprint density at radius 1 is 1.03 bits per heavy atom. The summed E-state index contributed by atoms with van der Waals surface area (Å²) < 4.78 is 7.14. The second-order valence-corrected chi connectivity index (χ2v) is 8.04. The molecular weight excluding hydrogens is 436 g/mol. The highest BCUT2D eigenvalue weighted by molar-refractivity contribution is 6.32. The van der Waals surface area contributed by atoms with Gasteiger partial charge in [-0.15, -0.1) is 0 Å². The second-order valence-electron chi connectivity index (χ2n) is 7.63. The molecule has 0 saturated heterocycles. The minimum atomic E-state index is -0.560. The van der Waals surface area contributed by atoms with E-state index in [0.717, 1.165) is 16.8 Å². The zero-order chi connectivity index (χ0) is 23.2. The maximum atomic E-state index is 13.3. The number of amides is 1. The van der Waals surface area contributed by atoms with E-state index in [2.05, 4.69) is 27.8 Å². The van der Waals surface area contributed by atoms with Gasteiger partial charge in [0.1, 0.15) is 11.8 Å². The summed E-state index contributed by atoms with van der Waals surface area (Å²) in [4.78, 5) is 17.4. The van der Waals surface area contributed by atoms with Crippen LogP contribution in [0.3, 0.4) is 0 Å². The standard InChI is InChI=1S/C26H25ClN4O2/c1-18(19-8-11-22(12-9-19)31-15-14-28-17-31)29-25(20-6-4-3-5-7-20)26(32)30-21-10-13-24(33-2)23(27)16-21/h3-18,25,29H,1-2H3,(H,30,32)/t18-,25-/m1/s1. The summed E-state index contributed by atoms with van der Waals surface area (Å²) in [6.07, 6.45) is 5.41. The molecule has 0 fully saturated rings. The number of carbonyl (C=O) groups excluding carboxylic acids is 1. The minimum Gasteiger partial charge on any atom is -0.495 e. The first-order chi connectivity index (χ1) is 16.0. The maximum absolute atomic E-state index is 13.3. The predicted molar refractivity (Wildman–Crippen MR) is 131 cm³/mol. The molecule has 1 aromatic heterocycles. The van der Waals surface area contributed by atoms with E-state index in [9.17, 15) is 4.79 Å². The Morgan fingerprint density at radius 2 is 1.79 bits per heavy atom. The Morgan fingerprint density at radius 3 is 2.42 bits per heavy atom. The van der Waals surface area contributed by atoms with Crippen molar-refractivity contribution in [2.45, 2.75) is 19.0 Å². The first-order valence-electron chi connectivity index (χ1n) is 10.6. The molecule has 0 saturated carbocycles. The number of halogens is 1. The Hall–Kier alpha value is -3.61. The van der Waals surface area contributed by atoms with E-state index in [0.29, 0.717) is 16.5 Å². The lowest BCUT2D eigenvalue weighted by molar-refractivity contribution is -0.118. The highest BCUT2D eigenvalue weighted by Crippen LogP contribution is 2.28. The van der Waals surface area contributed by atoms with Crippen LogP contribution in [-0.2, 0) is 4.79 Å². The SMILES string of the molecule is COc1ccc(NC(=O)[C@H](N[C@H](C)c2ccc(-n3ccnc3)cc2)c2ccccc2)cc1Cl. The van der Waals surface area contributed by atoms with Crippen LogP contribution in [-0.4, -0.2) is 22.6 Å². The molecule has 0 aliphatic rings. The van der Waals surface area contributed by atoms with Crippen molar-refractivity contribution >= 4 is 23.2 Å². The summed E-state index contributed by atoms with van der Waals surface area (Å²) in [6.45, 7) is 2.04. The smallest absolute Gasteiger partial charge is 0.246 e. The topological polar surface area (TPSA) is 68.2 Å². The average Bonchev–Trinajstić information content (AvgIpc) is 3.38. The van der Waals surface area contributed by atoms with Gasteiger partial charge in [0.25, 0.3) is 0 Å². The van der Waals surface area contributed by atoms with E-state index in [1.54, 1.807) is 37.8 Å². The molecule has 0 aliphatic carbocycles. The molecule has 7 heteroatoms. The molecule has 1 amide bonds. The van der Waals surface area contributed by atoms with E-state index in [1.165, 1.54) is 0 Å². The van der Waals surface area contributed by atoms with Crippen LogP contribution in [0, 0.1) is 0 Å². The summed E-state index contributed by atoms with van der Waals surface area (Å²) >= 11 is 6.23. The lowest BCUT2D eigenvalue weighted by Gasteiger charge is -2.24. The van der Waals surface area contributed by atoms with E-state index in [4.69, 9.17) is 16.3 Å². The number of nitrogens with zero attached hydrogens (tertiary/aromatic N) is 2. The number of rotatable bonds is 8. The van der Waals surface area contributed by atoms with Gasteiger partial charge in [0, 0.05) is 29.8 Å². The summed E-state index contributed by atoms with van der Waals surface area (Å²) in [5.74, 6) is 0.379. The Labute approximate surface area is 198 Å². The minimum absolute atomic E-state index is 0.0720. The number of nitrogens with one attached hydrogen (secondary N) is 2. The predicted octanol–water partition coefficient (Wildman–Crippen LogP) is 5.56. The van der Waals surface area contributed by atoms with Gasteiger partial charge < -0.3 is 14.6 Å². The summed E-state index contributed by atoms with van der Waals surface area (Å²) in [7, 11) is 1.55. The third-order valence-corrected chi connectivity index (χ3v) is 5.72. The maximum Gasteiger partial charge on any atom is 0.246 e. The van der Waals surface area contributed by atoms with Crippen LogP contribution in [0.25, 0.3) is 5.69 Å². The number of imidazole rings is 1. The van der Waals surface area contributed by atoms with Crippen molar-refractivity contribution < 1.29 is 9.53 Å². The molecule has 4 aromatic rings. The van der Waals surface area contributed by atoms with Gasteiger partial charge in [0.2, 0.25) is 5.91 Å². The first kappa shape index (κ1) is 22.6.